The Morgan fingerprint density at radius 2 is 1.71 bits per heavy atom. The predicted molar refractivity (Wildman–Crippen MR) is 73.7 cm³/mol. The monoisotopic (exact) mass is 292 g/mol. The fraction of sp³-hybridized carbons (Fsp3) is 0.167. The third kappa shape index (κ3) is 3.17. The zero-order chi connectivity index (χ0) is 12.3. The fourth-order valence-electron chi connectivity index (χ4n) is 1.44. The quantitative estimate of drug-likeness (QED) is 0.911. The molecule has 1 aromatic carbocycles. The highest BCUT2D eigenvalue weighted by molar-refractivity contribution is 9.10. The van der Waals surface area contributed by atoms with Crippen LogP contribution in [0, 0.1) is 6.92 Å². The number of nitrogens with zero attached hydrogens (tertiary/aromatic N) is 2. The van der Waals surface area contributed by atoms with Gasteiger partial charge in [-0.15, -0.1) is 0 Å². The summed E-state index contributed by atoms with van der Waals surface area (Å²) in [6.07, 6.45) is 0. The first kappa shape index (κ1) is 11.9. The summed E-state index contributed by atoms with van der Waals surface area (Å²) >= 11 is 3.40. The van der Waals surface area contributed by atoms with Gasteiger partial charge in [0.15, 0.2) is 0 Å². The van der Waals surface area contributed by atoms with Crippen LogP contribution in [0.25, 0.3) is 0 Å². The molecule has 5 heteroatoms. The molecule has 1 heterocycles. The van der Waals surface area contributed by atoms with Crippen LogP contribution in [0.3, 0.4) is 0 Å². The Morgan fingerprint density at radius 1 is 1.06 bits per heavy atom. The van der Waals surface area contributed by atoms with Gasteiger partial charge in [0.05, 0.1) is 0 Å². The van der Waals surface area contributed by atoms with E-state index in [1.165, 1.54) is 0 Å². The van der Waals surface area contributed by atoms with Crippen LogP contribution in [0.5, 0.6) is 0 Å². The van der Waals surface area contributed by atoms with Crippen molar-refractivity contribution in [3.8, 4) is 0 Å². The second-order valence-electron chi connectivity index (χ2n) is 3.57. The first-order chi connectivity index (χ1) is 8.17. The molecule has 17 heavy (non-hydrogen) atoms. The van der Waals surface area contributed by atoms with Gasteiger partial charge in [-0.3, -0.25) is 0 Å². The molecule has 0 bridgehead atoms. The van der Waals surface area contributed by atoms with Crippen molar-refractivity contribution in [2.24, 2.45) is 0 Å². The highest BCUT2D eigenvalue weighted by atomic mass is 79.9. The molecule has 0 aliphatic rings. The van der Waals surface area contributed by atoms with E-state index in [2.05, 4.69) is 36.5 Å². The van der Waals surface area contributed by atoms with Crippen LogP contribution < -0.4 is 10.6 Å². The van der Waals surface area contributed by atoms with Crippen molar-refractivity contribution >= 4 is 33.3 Å². The van der Waals surface area contributed by atoms with Gasteiger partial charge >= 0.3 is 0 Å². The molecular formula is C12H13BrN4. The first-order valence-electron chi connectivity index (χ1n) is 5.23. The van der Waals surface area contributed by atoms with Crippen molar-refractivity contribution in [2.45, 2.75) is 6.92 Å². The van der Waals surface area contributed by atoms with E-state index in [1.54, 1.807) is 0 Å². The third-order valence-corrected chi connectivity index (χ3v) is 2.74. The Kier molecular flexibility index (Phi) is 3.58. The van der Waals surface area contributed by atoms with Crippen LogP contribution in [0.4, 0.5) is 17.3 Å². The average Bonchev–Trinajstić information content (AvgIpc) is 2.31. The second-order valence-corrected chi connectivity index (χ2v) is 4.48. The number of aromatic nitrogens is 2. The molecule has 0 spiro atoms. The molecule has 0 amide bonds. The number of rotatable bonds is 3. The summed E-state index contributed by atoms with van der Waals surface area (Å²) in [6, 6.07) is 9.81. The Hall–Kier alpha value is -1.62. The minimum atomic E-state index is 0.733. The van der Waals surface area contributed by atoms with Gasteiger partial charge in [0.25, 0.3) is 0 Å². The van der Waals surface area contributed by atoms with Crippen LogP contribution in [-0.2, 0) is 0 Å². The van der Waals surface area contributed by atoms with Gasteiger partial charge in [-0.1, -0.05) is 15.9 Å². The minimum absolute atomic E-state index is 0.733. The summed E-state index contributed by atoms with van der Waals surface area (Å²) < 4.78 is 1.05. The standard InChI is InChI=1S/C12H13BrN4/c1-8-15-11(14-2)7-12(16-8)17-10-5-3-9(13)4-6-10/h3-7H,1-2H3,(H2,14,15,16,17). The van der Waals surface area contributed by atoms with E-state index >= 15 is 0 Å². The third-order valence-electron chi connectivity index (χ3n) is 2.21. The molecule has 2 rings (SSSR count). The van der Waals surface area contributed by atoms with Crippen LogP contribution in [0.1, 0.15) is 5.82 Å². The van der Waals surface area contributed by atoms with Gasteiger partial charge in [-0.05, 0) is 31.2 Å². The molecule has 0 saturated heterocycles. The number of nitrogens with one attached hydrogen (secondary N) is 2. The van der Waals surface area contributed by atoms with Crippen molar-refractivity contribution in [1.82, 2.24) is 9.97 Å². The van der Waals surface area contributed by atoms with E-state index in [1.807, 2.05) is 44.3 Å². The molecular weight excluding hydrogens is 280 g/mol. The van der Waals surface area contributed by atoms with E-state index in [0.717, 1.165) is 27.6 Å². The lowest BCUT2D eigenvalue weighted by Gasteiger charge is -2.08. The van der Waals surface area contributed by atoms with E-state index in [0.29, 0.717) is 0 Å². The van der Waals surface area contributed by atoms with Crippen molar-refractivity contribution in [3.63, 3.8) is 0 Å². The second kappa shape index (κ2) is 5.14. The molecule has 0 atom stereocenters. The first-order valence-corrected chi connectivity index (χ1v) is 6.03. The highest BCUT2D eigenvalue weighted by Gasteiger charge is 2.01. The Morgan fingerprint density at radius 3 is 2.35 bits per heavy atom. The maximum atomic E-state index is 4.33. The zero-order valence-electron chi connectivity index (χ0n) is 9.66. The molecule has 0 saturated carbocycles. The van der Waals surface area contributed by atoms with E-state index in [4.69, 9.17) is 0 Å². The van der Waals surface area contributed by atoms with Gasteiger partial charge in [-0.2, -0.15) is 0 Å². The van der Waals surface area contributed by atoms with Crippen LogP contribution in [0.2, 0.25) is 0 Å². The van der Waals surface area contributed by atoms with E-state index in [9.17, 15) is 0 Å². The molecule has 2 aromatic rings. The maximum Gasteiger partial charge on any atom is 0.136 e. The number of hydrogen-bond acceptors (Lipinski definition) is 4. The topological polar surface area (TPSA) is 49.8 Å². The fourth-order valence-corrected chi connectivity index (χ4v) is 1.71. The Labute approximate surface area is 109 Å². The number of benzene rings is 1. The molecule has 88 valence electrons. The summed E-state index contributed by atoms with van der Waals surface area (Å²) in [5.74, 6) is 2.32. The molecule has 2 N–H and O–H groups in total. The molecule has 1 aromatic heterocycles. The van der Waals surface area contributed by atoms with Crippen LogP contribution in [-0.4, -0.2) is 17.0 Å². The van der Waals surface area contributed by atoms with Crippen molar-refractivity contribution in [2.75, 3.05) is 17.7 Å². The lowest BCUT2D eigenvalue weighted by atomic mass is 10.3. The van der Waals surface area contributed by atoms with Crippen molar-refractivity contribution < 1.29 is 0 Å². The lowest BCUT2D eigenvalue weighted by molar-refractivity contribution is 1.06. The van der Waals surface area contributed by atoms with Crippen LogP contribution >= 0.6 is 15.9 Å². The SMILES string of the molecule is CNc1cc(Nc2ccc(Br)cc2)nc(C)n1. The number of aryl methyl sites for hydroxylation is 1. The number of halogens is 1. The molecule has 0 unspecified atom stereocenters. The summed E-state index contributed by atoms with van der Waals surface area (Å²) in [5.41, 5.74) is 0.994. The Bertz CT molecular complexity index is 510. The maximum absolute atomic E-state index is 4.33. The lowest BCUT2D eigenvalue weighted by Crippen LogP contribution is -2.00. The molecule has 4 nitrogen and oxygen atoms in total. The number of hydrogen-bond donors (Lipinski definition) is 2. The normalized spacial score (nSPS) is 10.1. The molecule has 0 radical (unpaired) electrons. The Balaban J connectivity index is 2.23. The molecule has 0 fully saturated rings. The van der Waals surface area contributed by atoms with E-state index in [-0.39, 0.29) is 0 Å². The highest BCUT2D eigenvalue weighted by Crippen LogP contribution is 2.19. The summed E-state index contributed by atoms with van der Waals surface area (Å²) in [6.45, 7) is 1.87. The van der Waals surface area contributed by atoms with Gasteiger partial charge in [-0.25, -0.2) is 9.97 Å². The van der Waals surface area contributed by atoms with Gasteiger partial charge in [0.1, 0.15) is 17.5 Å². The zero-order valence-corrected chi connectivity index (χ0v) is 11.2. The van der Waals surface area contributed by atoms with Gasteiger partial charge in [0.2, 0.25) is 0 Å². The predicted octanol–water partition coefficient (Wildman–Crippen LogP) is 3.33. The summed E-state index contributed by atoms with van der Waals surface area (Å²) in [7, 11) is 1.84. The molecule has 0 aliphatic carbocycles. The van der Waals surface area contributed by atoms with Crippen molar-refractivity contribution in [3.05, 3.63) is 40.6 Å². The number of anilines is 3. The summed E-state index contributed by atoms with van der Waals surface area (Å²) in [5, 5.41) is 6.24. The van der Waals surface area contributed by atoms with E-state index < -0.39 is 0 Å². The van der Waals surface area contributed by atoms with Crippen LogP contribution in [0.15, 0.2) is 34.8 Å². The minimum Gasteiger partial charge on any atom is -0.373 e. The van der Waals surface area contributed by atoms with Crippen molar-refractivity contribution in [1.29, 1.82) is 0 Å². The average molecular weight is 293 g/mol. The van der Waals surface area contributed by atoms with Gasteiger partial charge in [0, 0.05) is 23.3 Å². The smallest absolute Gasteiger partial charge is 0.136 e. The molecule has 0 aliphatic heterocycles. The summed E-state index contributed by atoms with van der Waals surface area (Å²) in [4.78, 5) is 8.56. The van der Waals surface area contributed by atoms with Gasteiger partial charge < -0.3 is 10.6 Å². The largest absolute Gasteiger partial charge is 0.373 e.